The molecule has 4 fully saturated rings. The Morgan fingerprint density at radius 1 is 1.19 bits per heavy atom. The number of halogens is 1. The number of rotatable bonds is 4. The number of fused-ring (bicyclic) bond motifs is 1. The van der Waals surface area contributed by atoms with Gasteiger partial charge in [0.25, 0.3) is 0 Å². The number of thiazole rings is 1. The van der Waals surface area contributed by atoms with Crippen molar-refractivity contribution in [3.63, 3.8) is 0 Å². The van der Waals surface area contributed by atoms with Crippen molar-refractivity contribution >= 4 is 40.3 Å². The molecule has 4 saturated carbocycles. The quantitative estimate of drug-likeness (QED) is 0.529. The summed E-state index contributed by atoms with van der Waals surface area (Å²) in [5.41, 5.74) is 4.49. The van der Waals surface area contributed by atoms with Crippen LogP contribution in [0.4, 0.5) is 5.69 Å². The molecule has 2 heterocycles. The number of hydrogen-bond donors (Lipinski definition) is 1. The normalized spacial score (nSPS) is 28.5. The minimum Gasteiger partial charge on any atom is -0.495 e. The van der Waals surface area contributed by atoms with Crippen LogP contribution in [-0.4, -0.2) is 22.4 Å². The highest BCUT2D eigenvalue weighted by atomic mass is 35.5. The summed E-state index contributed by atoms with van der Waals surface area (Å²) in [6, 6.07) is 5.96. The number of imidazole rings is 1. The van der Waals surface area contributed by atoms with Gasteiger partial charge in [-0.05, 0) is 74.5 Å². The number of hydrogen-bond acceptors (Lipinski definition) is 4. The first-order chi connectivity index (χ1) is 14.5. The summed E-state index contributed by atoms with van der Waals surface area (Å²) in [4.78, 5) is 17.8. The maximum Gasteiger partial charge on any atom is 0.221 e. The number of nitrogens with zero attached hydrogens (tertiary/aromatic N) is 2. The predicted molar refractivity (Wildman–Crippen MR) is 126 cm³/mol. The SMILES string of the molecule is COc1ccc(-c2csc3nc(C45CC6CC(CC(C6)C4)C5)cn23)cc1NC(C)=O.Cl. The first kappa shape index (κ1) is 20.8. The van der Waals surface area contributed by atoms with Crippen molar-refractivity contribution in [2.45, 2.75) is 50.9 Å². The second-order valence-corrected chi connectivity index (χ2v) is 10.5. The standard InChI is InChI=1S/C24H27N3O2S.ClH/c1-14(28)25-19-8-18(3-4-21(19)29-2)20-13-30-23-26-22(12-27(20)23)24-9-15-5-16(10-24)7-17(6-15)11-24;/h3-4,8,12-13,15-17H,5-7,9-11H2,1-2H3,(H,25,28);1H. The number of methoxy groups -OCH3 is 1. The smallest absolute Gasteiger partial charge is 0.221 e. The maximum absolute atomic E-state index is 11.6. The van der Waals surface area contributed by atoms with E-state index in [1.807, 2.05) is 12.1 Å². The van der Waals surface area contributed by atoms with Gasteiger partial charge in [0.05, 0.1) is 24.2 Å². The molecule has 31 heavy (non-hydrogen) atoms. The van der Waals surface area contributed by atoms with E-state index in [1.54, 1.807) is 18.4 Å². The van der Waals surface area contributed by atoms with E-state index < -0.39 is 0 Å². The summed E-state index contributed by atoms with van der Waals surface area (Å²) in [5.74, 6) is 3.31. The van der Waals surface area contributed by atoms with E-state index in [2.05, 4.69) is 27.4 Å². The van der Waals surface area contributed by atoms with Crippen LogP contribution in [0.15, 0.2) is 29.8 Å². The number of ether oxygens (including phenoxy) is 1. The van der Waals surface area contributed by atoms with Gasteiger partial charge in [0.2, 0.25) is 5.91 Å². The minimum absolute atomic E-state index is 0. The Labute approximate surface area is 192 Å². The van der Waals surface area contributed by atoms with E-state index in [-0.39, 0.29) is 18.3 Å². The Balaban J connectivity index is 0.00000204. The molecule has 0 unspecified atom stereocenters. The fraction of sp³-hybridized carbons (Fsp3) is 0.500. The molecular formula is C24H28ClN3O2S. The van der Waals surface area contributed by atoms with Crippen molar-refractivity contribution in [1.82, 2.24) is 9.38 Å². The molecule has 7 rings (SSSR count). The van der Waals surface area contributed by atoms with Gasteiger partial charge in [-0.2, -0.15) is 0 Å². The first-order valence-corrected chi connectivity index (χ1v) is 11.8. The van der Waals surface area contributed by atoms with Crippen LogP contribution in [0.5, 0.6) is 5.75 Å². The van der Waals surface area contributed by atoms with Crippen LogP contribution in [0, 0.1) is 17.8 Å². The molecule has 7 heteroatoms. The van der Waals surface area contributed by atoms with E-state index in [0.717, 1.165) is 34.0 Å². The van der Waals surface area contributed by atoms with Gasteiger partial charge < -0.3 is 10.1 Å². The molecule has 164 valence electrons. The Kier molecular flexibility index (Phi) is 5.05. The van der Waals surface area contributed by atoms with Gasteiger partial charge in [-0.3, -0.25) is 9.20 Å². The Bertz CT molecular complexity index is 1120. The maximum atomic E-state index is 11.6. The highest BCUT2D eigenvalue weighted by Gasteiger charge is 2.52. The molecule has 2 aromatic heterocycles. The molecule has 3 aromatic rings. The van der Waals surface area contributed by atoms with Crippen LogP contribution in [0.1, 0.15) is 51.1 Å². The number of benzene rings is 1. The zero-order valence-electron chi connectivity index (χ0n) is 17.9. The van der Waals surface area contributed by atoms with Crippen LogP contribution < -0.4 is 10.1 Å². The third-order valence-corrected chi connectivity index (χ3v) is 8.44. The second kappa shape index (κ2) is 7.52. The molecule has 0 atom stereocenters. The van der Waals surface area contributed by atoms with Crippen LogP contribution >= 0.6 is 23.7 Å². The lowest BCUT2D eigenvalue weighted by Gasteiger charge is -2.56. The lowest BCUT2D eigenvalue weighted by Crippen LogP contribution is -2.48. The average molecular weight is 458 g/mol. The third-order valence-electron chi connectivity index (χ3n) is 7.60. The van der Waals surface area contributed by atoms with E-state index in [1.165, 1.54) is 51.1 Å². The monoisotopic (exact) mass is 457 g/mol. The lowest BCUT2D eigenvalue weighted by atomic mass is 9.49. The zero-order chi connectivity index (χ0) is 20.5. The largest absolute Gasteiger partial charge is 0.495 e. The summed E-state index contributed by atoms with van der Waals surface area (Å²) >= 11 is 1.70. The summed E-state index contributed by atoms with van der Waals surface area (Å²) in [6.07, 6.45) is 10.6. The number of carbonyl (C=O) groups excluding carboxylic acids is 1. The molecule has 1 amide bonds. The molecule has 4 aliphatic carbocycles. The van der Waals surface area contributed by atoms with Crippen LogP contribution in [0.3, 0.4) is 0 Å². The number of anilines is 1. The Morgan fingerprint density at radius 2 is 1.87 bits per heavy atom. The molecule has 0 aliphatic heterocycles. The minimum atomic E-state index is -0.104. The summed E-state index contributed by atoms with van der Waals surface area (Å²) < 4.78 is 7.66. The van der Waals surface area contributed by atoms with Crippen molar-refractivity contribution < 1.29 is 9.53 Å². The Hall–Kier alpha value is -2.05. The predicted octanol–water partition coefficient (Wildman–Crippen LogP) is 5.92. The summed E-state index contributed by atoms with van der Waals surface area (Å²) in [6.45, 7) is 1.52. The first-order valence-electron chi connectivity index (χ1n) is 11.0. The lowest BCUT2D eigenvalue weighted by molar-refractivity contribution is -0.114. The molecule has 0 spiro atoms. The van der Waals surface area contributed by atoms with Gasteiger partial charge >= 0.3 is 0 Å². The molecule has 5 nitrogen and oxygen atoms in total. The molecule has 0 radical (unpaired) electrons. The zero-order valence-corrected chi connectivity index (χ0v) is 19.5. The van der Waals surface area contributed by atoms with E-state index >= 15 is 0 Å². The molecule has 4 bridgehead atoms. The number of amides is 1. The van der Waals surface area contributed by atoms with Crippen molar-refractivity contribution in [3.8, 4) is 17.0 Å². The van der Waals surface area contributed by atoms with Gasteiger partial charge in [-0.15, -0.1) is 23.7 Å². The van der Waals surface area contributed by atoms with Gasteiger partial charge in [-0.1, -0.05) is 0 Å². The van der Waals surface area contributed by atoms with E-state index in [4.69, 9.17) is 9.72 Å². The number of aromatic nitrogens is 2. The molecule has 1 N–H and O–H groups in total. The van der Waals surface area contributed by atoms with Crippen LogP contribution in [0.2, 0.25) is 0 Å². The number of carbonyl (C=O) groups is 1. The number of nitrogens with one attached hydrogen (secondary N) is 1. The molecule has 0 saturated heterocycles. The van der Waals surface area contributed by atoms with Crippen molar-refractivity contribution in [1.29, 1.82) is 0 Å². The van der Waals surface area contributed by atoms with Gasteiger partial charge in [0.15, 0.2) is 4.96 Å². The fourth-order valence-corrected chi connectivity index (χ4v) is 7.71. The molecular weight excluding hydrogens is 430 g/mol. The highest BCUT2D eigenvalue weighted by Crippen LogP contribution is 2.60. The van der Waals surface area contributed by atoms with Gasteiger partial charge in [0, 0.05) is 29.5 Å². The second-order valence-electron chi connectivity index (χ2n) is 9.69. The van der Waals surface area contributed by atoms with Crippen molar-refractivity contribution in [2.75, 3.05) is 12.4 Å². The van der Waals surface area contributed by atoms with E-state index in [9.17, 15) is 4.79 Å². The van der Waals surface area contributed by atoms with E-state index in [0.29, 0.717) is 16.9 Å². The van der Waals surface area contributed by atoms with Crippen LogP contribution in [0.25, 0.3) is 16.2 Å². The van der Waals surface area contributed by atoms with Crippen molar-refractivity contribution in [3.05, 3.63) is 35.5 Å². The topological polar surface area (TPSA) is 55.6 Å². The third kappa shape index (κ3) is 3.35. The summed E-state index contributed by atoms with van der Waals surface area (Å²) in [5, 5.41) is 5.04. The van der Waals surface area contributed by atoms with Crippen molar-refractivity contribution in [2.24, 2.45) is 17.8 Å². The molecule has 4 aliphatic rings. The highest BCUT2D eigenvalue weighted by molar-refractivity contribution is 7.15. The fourth-order valence-electron chi connectivity index (χ4n) is 6.83. The average Bonchev–Trinajstić information content (AvgIpc) is 3.28. The molecule has 1 aromatic carbocycles. The Morgan fingerprint density at radius 3 is 2.48 bits per heavy atom. The van der Waals surface area contributed by atoms with Gasteiger partial charge in [0.1, 0.15) is 5.75 Å². The van der Waals surface area contributed by atoms with Crippen LogP contribution in [-0.2, 0) is 10.2 Å². The van der Waals surface area contributed by atoms with Gasteiger partial charge in [-0.25, -0.2) is 4.98 Å². The summed E-state index contributed by atoms with van der Waals surface area (Å²) in [7, 11) is 1.62.